The van der Waals surface area contributed by atoms with Gasteiger partial charge in [-0.3, -0.25) is 9.07 Å². The van der Waals surface area contributed by atoms with Crippen molar-refractivity contribution in [3.05, 3.63) is 18.2 Å². The average Bonchev–Trinajstić information content (AvgIpc) is 2.71. The smallest absolute Gasteiger partial charge is 0.230 e. The number of aromatic nitrogens is 4. The molecule has 0 saturated heterocycles. The summed E-state index contributed by atoms with van der Waals surface area (Å²) in [5, 5.41) is 8.02. The second-order valence-corrected chi connectivity index (χ2v) is 4.09. The molecule has 0 aliphatic heterocycles. The maximum atomic E-state index is 12.3. The van der Waals surface area contributed by atoms with Crippen molar-refractivity contribution in [1.82, 2.24) is 19.9 Å². The summed E-state index contributed by atoms with van der Waals surface area (Å²) in [4.78, 5) is 4.23. The molecule has 0 aromatic carbocycles. The van der Waals surface area contributed by atoms with Crippen LogP contribution >= 0.6 is 0 Å². The number of hydrogen-bond acceptors (Lipinski definition) is 4. The predicted octanol–water partition coefficient (Wildman–Crippen LogP) is 1.54. The first-order valence-electron chi connectivity index (χ1n) is 5.17. The molecule has 1 aliphatic rings. The van der Waals surface area contributed by atoms with Gasteiger partial charge in [0.05, 0.1) is 6.67 Å². The molecular formula is C10H11FN4O. The Labute approximate surface area is 91.3 Å². The van der Waals surface area contributed by atoms with Crippen LogP contribution in [0.5, 0.6) is 0 Å². The van der Waals surface area contributed by atoms with Crippen LogP contribution in [0.4, 0.5) is 4.39 Å². The summed E-state index contributed by atoms with van der Waals surface area (Å²) < 4.78 is 19.1. The Morgan fingerprint density at radius 1 is 1.62 bits per heavy atom. The van der Waals surface area contributed by atoms with Gasteiger partial charge in [0, 0.05) is 19.2 Å². The summed E-state index contributed by atoms with van der Waals surface area (Å²) in [5.74, 6) is 1.18. The lowest BCUT2D eigenvalue weighted by molar-refractivity contribution is 0.367. The predicted molar refractivity (Wildman–Crippen MR) is 53.3 cm³/mol. The van der Waals surface area contributed by atoms with Gasteiger partial charge in [-0.15, -0.1) is 0 Å². The van der Waals surface area contributed by atoms with E-state index in [0.29, 0.717) is 17.4 Å². The minimum atomic E-state index is -0.314. The highest BCUT2D eigenvalue weighted by molar-refractivity contribution is 5.46. The lowest BCUT2D eigenvalue weighted by Crippen LogP contribution is -1.89. The molecule has 6 heteroatoms. The summed E-state index contributed by atoms with van der Waals surface area (Å²) in [6.45, 7) is -0.314. The topological polar surface area (TPSA) is 56.7 Å². The van der Waals surface area contributed by atoms with Crippen LogP contribution in [0.1, 0.15) is 18.2 Å². The van der Waals surface area contributed by atoms with Crippen molar-refractivity contribution in [2.24, 2.45) is 13.0 Å². The second-order valence-electron chi connectivity index (χ2n) is 4.09. The van der Waals surface area contributed by atoms with Gasteiger partial charge in [0.1, 0.15) is 5.69 Å². The molecule has 0 spiro atoms. The number of halogens is 1. The van der Waals surface area contributed by atoms with Crippen LogP contribution in [0.3, 0.4) is 0 Å². The zero-order valence-electron chi connectivity index (χ0n) is 8.80. The molecule has 5 nitrogen and oxygen atoms in total. The minimum absolute atomic E-state index is 0.0667. The fourth-order valence-electron chi connectivity index (χ4n) is 1.74. The van der Waals surface area contributed by atoms with Crippen LogP contribution < -0.4 is 0 Å². The van der Waals surface area contributed by atoms with Gasteiger partial charge in [0.25, 0.3) is 0 Å². The Kier molecular flexibility index (Phi) is 2.02. The van der Waals surface area contributed by atoms with Gasteiger partial charge in [0.2, 0.25) is 11.7 Å². The third-order valence-corrected chi connectivity index (χ3v) is 2.82. The van der Waals surface area contributed by atoms with Crippen molar-refractivity contribution in [2.45, 2.75) is 12.3 Å². The van der Waals surface area contributed by atoms with Crippen LogP contribution in [0.25, 0.3) is 11.5 Å². The van der Waals surface area contributed by atoms with Gasteiger partial charge < -0.3 is 4.52 Å². The molecule has 1 saturated carbocycles. The summed E-state index contributed by atoms with van der Waals surface area (Å²) in [7, 11) is 1.82. The fourth-order valence-corrected chi connectivity index (χ4v) is 1.74. The molecule has 1 fully saturated rings. The number of rotatable bonds is 3. The average molecular weight is 222 g/mol. The van der Waals surface area contributed by atoms with E-state index in [9.17, 15) is 4.39 Å². The molecule has 0 radical (unpaired) electrons. The van der Waals surface area contributed by atoms with E-state index in [0.717, 1.165) is 6.42 Å². The number of aryl methyl sites for hydroxylation is 1. The lowest BCUT2D eigenvalue weighted by Gasteiger charge is -1.86. The van der Waals surface area contributed by atoms with Crippen molar-refractivity contribution in [3.63, 3.8) is 0 Å². The molecule has 2 aromatic rings. The van der Waals surface area contributed by atoms with E-state index in [2.05, 4.69) is 15.2 Å². The molecule has 2 heterocycles. The quantitative estimate of drug-likeness (QED) is 0.790. The maximum Gasteiger partial charge on any atom is 0.230 e. The van der Waals surface area contributed by atoms with E-state index in [1.54, 1.807) is 4.68 Å². The molecular weight excluding hydrogens is 211 g/mol. The normalized spacial score (nSPS) is 23.6. The summed E-state index contributed by atoms with van der Waals surface area (Å²) in [6.07, 6.45) is 2.62. The van der Waals surface area contributed by atoms with Crippen molar-refractivity contribution in [1.29, 1.82) is 0 Å². The van der Waals surface area contributed by atoms with Crippen molar-refractivity contribution >= 4 is 0 Å². The van der Waals surface area contributed by atoms with Gasteiger partial charge in [-0.2, -0.15) is 10.1 Å². The minimum Gasteiger partial charge on any atom is -0.339 e. The molecule has 84 valence electrons. The SMILES string of the molecule is Cn1ccc(-c2noc([C@@H]3C[C@@H]3CF)n2)n1. The molecule has 0 unspecified atom stereocenters. The van der Waals surface area contributed by atoms with Gasteiger partial charge in [-0.25, -0.2) is 0 Å². The summed E-state index contributed by atoms with van der Waals surface area (Å²) >= 11 is 0. The third kappa shape index (κ3) is 1.50. The molecule has 3 rings (SSSR count). The van der Waals surface area contributed by atoms with E-state index in [1.165, 1.54) is 0 Å². The van der Waals surface area contributed by atoms with Crippen molar-refractivity contribution in [3.8, 4) is 11.5 Å². The fraction of sp³-hybridized carbons (Fsp3) is 0.500. The van der Waals surface area contributed by atoms with Crippen LogP contribution in [-0.4, -0.2) is 26.6 Å². The molecule has 0 amide bonds. The van der Waals surface area contributed by atoms with Crippen molar-refractivity contribution in [2.75, 3.05) is 6.67 Å². The molecule has 2 atom stereocenters. The number of hydrogen-bond donors (Lipinski definition) is 0. The van der Waals surface area contributed by atoms with Crippen LogP contribution in [-0.2, 0) is 7.05 Å². The van der Waals surface area contributed by atoms with Crippen LogP contribution in [0.15, 0.2) is 16.8 Å². The molecule has 16 heavy (non-hydrogen) atoms. The molecule has 1 aliphatic carbocycles. The Morgan fingerprint density at radius 3 is 3.12 bits per heavy atom. The Balaban J connectivity index is 1.83. The van der Waals surface area contributed by atoms with Crippen LogP contribution in [0, 0.1) is 5.92 Å². The Morgan fingerprint density at radius 2 is 2.50 bits per heavy atom. The molecule has 2 aromatic heterocycles. The maximum absolute atomic E-state index is 12.3. The third-order valence-electron chi connectivity index (χ3n) is 2.82. The Hall–Kier alpha value is -1.72. The number of nitrogens with zero attached hydrogens (tertiary/aromatic N) is 4. The van der Waals surface area contributed by atoms with E-state index < -0.39 is 0 Å². The van der Waals surface area contributed by atoms with E-state index in [-0.39, 0.29) is 18.5 Å². The van der Waals surface area contributed by atoms with Gasteiger partial charge in [0.15, 0.2) is 0 Å². The highest BCUT2D eigenvalue weighted by Crippen LogP contribution is 2.47. The second kappa shape index (κ2) is 3.40. The summed E-state index contributed by atoms with van der Waals surface area (Å²) in [6, 6.07) is 1.81. The highest BCUT2D eigenvalue weighted by Gasteiger charge is 2.42. The molecule has 0 bridgehead atoms. The van der Waals surface area contributed by atoms with E-state index >= 15 is 0 Å². The Bertz CT molecular complexity index is 506. The first kappa shape index (κ1) is 9.50. The van der Waals surface area contributed by atoms with Gasteiger partial charge >= 0.3 is 0 Å². The standard InChI is InChI=1S/C10H11FN4O/c1-15-3-2-8(13-15)9-12-10(16-14-9)7-4-6(7)5-11/h2-3,6-7H,4-5H2,1H3/t6-,7-/m1/s1. The van der Waals surface area contributed by atoms with Gasteiger partial charge in [-0.05, 0) is 18.4 Å². The highest BCUT2D eigenvalue weighted by atomic mass is 19.1. The first-order valence-corrected chi connectivity index (χ1v) is 5.17. The number of alkyl halides is 1. The van der Waals surface area contributed by atoms with Crippen molar-refractivity contribution < 1.29 is 8.91 Å². The zero-order chi connectivity index (χ0) is 11.1. The molecule has 0 N–H and O–H groups in total. The summed E-state index contributed by atoms with van der Waals surface area (Å²) in [5.41, 5.74) is 0.676. The lowest BCUT2D eigenvalue weighted by atomic mass is 10.3. The van der Waals surface area contributed by atoms with Gasteiger partial charge in [-0.1, -0.05) is 5.16 Å². The van der Waals surface area contributed by atoms with Crippen LogP contribution in [0.2, 0.25) is 0 Å². The van der Waals surface area contributed by atoms with E-state index in [4.69, 9.17) is 4.52 Å². The monoisotopic (exact) mass is 222 g/mol. The first-order chi connectivity index (χ1) is 7.78. The zero-order valence-corrected chi connectivity index (χ0v) is 8.80. The van der Waals surface area contributed by atoms with E-state index in [1.807, 2.05) is 19.3 Å². The largest absolute Gasteiger partial charge is 0.339 e.